The van der Waals surface area contributed by atoms with Crippen LogP contribution in [0.15, 0.2) is 24.3 Å². The standard InChI is InChI=1S/C17H25N3O5S/c1-19(2)14-6-4-13(5-7-14)18-16(21)17(22)20(9-10-25-3)15-8-11-26(23,24)12-15/h4-7,15H,8-12H2,1-3H3,(H,18,21). The Balaban J connectivity index is 2.07. The van der Waals surface area contributed by atoms with Crippen molar-refractivity contribution >= 4 is 33.0 Å². The van der Waals surface area contributed by atoms with Gasteiger partial charge in [-0.05, 0) is 30.7 Å². The fourth-order valence-corrected chi connectivity index (χ4v) is 4.55. The summed E-state index contributed by atoms with van der Waals surface area (Å²) in [5.74, 6) is -1.63. The van der Waals surface area contributed by atoms with Crippen LogP contribution < -0.4 is 10.2 Å². The van der Waals surface area contributed by atoms with E-state index >= 15 is 0 Å². The van der Waals surface area contributed by atoms with Crippen LogP contribution >= 0.6 is 0 Å². The van der Waals surface area contributed by atoms with Crippen molar-refractivity contribution in [2.75, 3.05) is 56.1 Å². The molecular formula is C17H25N3O5S. The minimum atomic E-state index is -3.17. The van der Waals surface area contributed by atoms with E-state index in [1.165, 1.54) is 12.0 Å². The van der Waals surface area contributed by atoms with Crippen molar-refractivity contribution < 1.29 is 22.7 Å². The quantitative estimate of drug-likeness (QED) is 0.713. The lowest BCUT2D eigenvalue weighted by Gasteiger charge is -2.27. The number of rotatable bonds is 6. The number of sulfone groups is 1. The van der Waals surface area contributed by atoms with E-state index in [4.69, 9.17) is 4.74 Å². The molecule has 1 aliphatic rings. The largest absolute Gasteiger partial charge is 0.383 e. The predicted octanol–water partition coefficient (Wildman–Crippen LogP) is 0.353. The molecule has 0 aromatic heterocycles. The van der Waals surface area contributed by atoms with Crippen LogP contribution in [0, 0.1) is 0 Å². The Bertz CT molecular complexity index is 746. The van der Waals surface area contributed by atoms with Crippen LogP contribution in [0.2, 0.25) is 0 Å². The lowest BCUT2D eigenvalue weighted by Crippen LogP contribution is -2.47. The van der Waals surface area contributed by atoms with Crippen molar-refractivity contribution in [3.8, 4) is 0 Å². The molecule has 2 rings (SSSR count). The minimum Gasteiger partial charge on any atom is -0.383 e. The third kappa shape index (κ3) is 5.18. The van der Waals surface area contributed by atoms with Crippen molar-refractivity contribution in [3.63, 3.8) is 0 Å². The SMILES string of the molecule is COCCN(C(=O)C(=O)Nc1ccc(N(C)C)cc1)C1CCS(=O)(=O)C1. The Morgan fingerprint density at radius 3 is 2.38 bits per heavy atom. The summed E-state index contributed by atoms with van der Waals surface area (Å²) in [5, 5.41) is 2.57. The van der Waals surface area contributed by atoms with Gasteiger partial charge in [-0.1, -0.05) is 0 Å². The average Bonchev–Trinajstić information content (AvgIpc) is 2.95. The zero-order valence-electron chi connectivity index (χ0n) is 15.3. The highest BCUT2D eigenvalue weighted by molar-refractivity contribution is 7.91. The van der Waals surface area contributed by atoms with E-state index in [0.717, 1.165) is 5.69 Å². The summed E-state index contributed by atoms with van der Waals surface area (Å²) in [4.78, 5) is 28.2. The van der Waals surface area contributed by atoms with Gasteiger partial charge in [0.25, 0.3) is 0 Å². The van der Waals surface area contributed by atoms with Crippen LogP contribution in [0.5, 0.6) is 0 Å². The van der Waals surface area contributed by atoms with Crippen molar-refractivity contribution in [2.24, 2.45) is 0 Å². The van der Waals surface area contributed by atoms with Crippen molar-refractivity contribution in [3.05, 3.63) is 24.3 Å². The highest BCUT2D eigenvalue weighted by atomic mass is 32.2. The van der Waals surface area contributed by atoms with Crippen molar-refractivity contribution in [1.29, 1.82) is 0 Å². The molecule has 1 atom stereocenters. The van der Waals surface area contributed by atoms with Crippen LogP contribution in [-0.2, 0) is 24.2 Å². The number of ether oxygens (including phenoxy) is 1. The normalized spacial score (nSPS) is 18.3. The molecule has 0 radical (unpaired) electrons. The molecule has 8 nitrogen and oxygen atoms in total. The number of amides is 2. The maximum absolute atomic E-state index is 12.6. The fourth-order valence-electron chi connectivity index (χ4n) is 2.82. The lowest BCUT2D eigenvalue weighted by molar-refractivity contribution is -0.144. The van der Waals surface area contributed by atoms with Crippen LogP contribution in [-0.4, -0.2) is 77.0 Å². The summed E-state index contributed by atoms with van der Waals surface area (Å²) in [6.07, 6.45) is 0.336. The zero-order chi connectivity index (χ0) is 19.3. The highest BCUT2D eigenvalue weighted by Gasteiger charge is 2.36. The molecule has 26 heavy (non-hydrogen) atoms. The Kier molecular flexibility index (Phi) is 6.60. The molecule has 1 saturated heterocycles. The Labute approximate surface area is 154 Å². The van der Waals surface area contributed by atoms with Crippen molar-refractivity contribution in [1.82, 2.24) is 4.90 Å². The maximum atomic E-state index is 12.6. The molecule has 2 amide bonds. The van der Waals surface area contributed by atoms with Gasteiger partial charge in [0.15, 0.2) is 9.84 Å². The van der Waals surface area contributed by atoms with Gasteiger partial charge in [0.1, 0.15) is 0 Å². The Morgan fingerprint density at radius 2 is 1.88 bits per heavy atom. The fraction of sp³-hybridized carbons (Fsp3) is 0.529. The average molecular weight is 383 g/mol. The number of carbonyl (C=O) groups excluding carboxylic acids is 2. The van der Waals surface area contributed by atoms with Crippen LogP contribution in [0.4, 0.5) is 11.4 Å². The molecule has 0 saturated carbocycles. The summed E-state index contributed by atoms with van der Waals surface area (Å²) in [5.41, 5.74) is 1.46. The maximum Gasteiger partial charge on any atom is 0.313 e. The van der Waals surface area contributed by atoms with Crippen LogP contribution in [0.1, 0.15) is 6.42 Å². The van der Waals surface area contributed by atoms with Crippen molar-refractivity contribution in [2.45, 2.75) is 12.5 Å². The third-order valence-electron chi connectivity index (χ3n) is 4.28. The molecule has 9 heteroatoms. The van der Waals surface area contributed by atoms with E-state index in [-0.39, 0.29) is 24.7 Å². The van der Waals surface area contributed by atoms with Gasteiger partial charge in [0.2, 0.25) is 0 Å². The van der Waals surface area contributed by atoms with E-state index in [1.807, 2.05) is 31.1 Å². The first-order chi connectivity index (χ1) is 12.2. The second-order valence-corrected chi connectivity index (χ2v) is 8.67. The van der Waals surface area contributed by atoms with Gasteiger partial charge in [-0.15, -0.1) is 0 Å². The summed E-state index contributed by atoms with van der Waals surface area (Å²) in [7, 11) is 2.13. The first kappa shape index (κ1) is 20.2. The molecule has 144 valence electrons. The van der Waals surface area contributed by atoms with Crippen LogP contribution in [0.3, 0.4) is 0 Å². The van der Waals surface area contributed by atoms with Gasteiger partial charge in [0, 0.05) is 45.2 Å². The van der Waals surface area contributed by atoms with E-state index in [1.54, 1.807) is 12.1 Å². The number of methoxy groups -OCH3 is 1. The zero-order valence-corrected chi connectivity index (χ0v) is 16.1. The number of hydrogen-bond donors (Lipinski definition) is 1. The summed E-state index contributed by atoms with van der Waals surface area (Å²) < 4.78 is 28.4. The molecule has 0 bridgehead atoms. The molecular weight excluding hydrogens is 358 g/mol. The predicted molar refractivity (Wildman–Crippen MR) is 100 cm³/mol. The number of hydrogen-bond acceptors (Lipinski definition) is 6. The molecule has 1 fully saturated rings. The van der Waals surface area contributed by atoms with Crippen LogP contribution in [0.25, 0.3) is 0 Å². The minimum absolute atomic E-state index is 0.0298. The molecule has 1 unspecified atom stereocenters. The van der Waals surface area contributed by atoms with Gasteiger partial charge in [0.05, 0.1) is 18.1 Å². The monoisotopic (exact) mass is 383 g/mol. The number of benzene rings is 1. The summed E-state index contributed by atoms with van der Waals surface area (Å²) in [6.45, 7) is 0.398. The summed E-state index contributed by atoms with van der Waals surface area (Å²) >= 11 is 0. The molecule has 0 spiro atoms. The van der Waals surface area contributed by atoms with Gasteiger partial charge < -0.3 is 19.9 Å². The van der Waals surface area contributed by atoms with Gasteiger partial charge in [-0.25, -0.2) is 8.42 Å². The van der Waals surface area contributed by atoms with E-state index < -0.39 is 27.7 Å². The lowest BCUT2D eigenvalue weighted by atomic mass is 10.2. The Morgan fingerprint density at radius 1 is 1.23 bits per heavy atom. The number of nitrogens with zero attached hydrogens (tertiary/aromatic N) is 2. The summed E-state index contributed by atoms with van der Waals surface area (Å²) in [6, 6.07) is 6.57. The second kappa shape index (κ2) is 8.50. The van der Waals surface area contributed by atoms with E-state index in [2.05, 4.69) is 5.32 Å². The van der Waals surface area contributed by atoms with Gasteiger partial charge in [-0.2, -0.15) is 0 Å². The van der Waals surface area contributed by atoms with Gasteiger partial charge in [-0.3, -0.25) is 9.59 Å². The molecule has 1 N–H and O–H groups in total. The highest BCUT2D eigenvalue weighted by Crippen LogP contribution is 2.19. The van der Waals surface area contributed by atoms with Gasteiger partial charge >= 0.3 is 11.8 Å². The Hall–Kier alpha value is -2.13. The number of nitrogens with one attached hydrogen (secondary N) is 1. The number of anilines is 2. The smallest absolute Gasteiger partial charge is 0.313 e. The molecule has 0 aliphatic carbocycles. The first-order valence-corrected chi connectivity index (χ1v) is 10.1. The second-order valence-electron chi connectivity index (χ2n) is 6.44. The van der Waals surface area contributed by atoms with E-state index in [9.17, 15) is 18.0 Å². The third-order valence-corrected chi connectivity index (χ3v) is 6.03. The first-order valence-electron chi connectivity index (χ1n) is 8.32. The molecule has 1 aromatic carbocycles. The number of carbonyl (C=O) groups is 2. The topological polar surface area (TPSA) is 96.0 Å². The molecule has 1 aromatic rings. The molecule has 1 aliphatic heterocycles. The van der Waals surface area contributed by atoms with E-state index in [0.29, 0.717) is 12.1 Å². The molecule has 1 heterocycles.